The number of carbonyl (C=O) groups is 1. The van der Waals surface area contributed by atoms with Gasteiger partial charge in [0.05, 0.1) is 21.8 Å². The lowest BCUT2D eigenvalue weighted by atomic mass is 10.2. The maximum atomic E-state index is 13.0. The van der Waals surface area contributed by atoms with Crippen LogP contribution < -0.4 is 10.2 Å². The number of para-hydroxylation sites is 1. The van der Waals surface area contributed by atoms with Crippen LogP contribution in [-0.4, -0.2) is 70.8 Å². The number of nitrogens with zero attached hydrogens (tertiary/aromatic N) is 4. The van der Waals surface area contributed by atoms with Gasteiger partial charge in [0.15, 0.2) is 0 Å². The van der Waals surface area contributed by atoms with E-state index in [1.165, 1.54) is 0 Å². The lowest BCUT2D eigenvalue weighted by Gasteiger charge is -2.37. The summed E-state index contributed by atoms with van der Waals surface area (Å²) >= 11 is 12.5. The number of piperazine rings is 1. The Morgan fingerprint density at radius 2 is 1.61 bits per heavy atom. The SMILES string of the molecule is O=C(NCC(O)CN1CCN(c2cccc(Cl)c2Cl)CC1)c1cn(-c2ccccc2)c(-c2ccccc2)n1. The van der Waals surface area contributed by atoms with Crippen molar-refractivity contribution >= 4 is 34.8 Å². The van der Waals surface area contributed by atoms with E-state index in [2.05, 4.69) is 20.1 Å². The van der Waals surface area contributed by atoms with Gasteiger partial charge >= 0.3 is 0 Å². The Morgan fingerprint density at radius 3 is 2.32 bits per heavy atom. The van der Waals surface area contributed by atoms with Crippen LogP contribution in [0.2, 0.25) is 10.0 Å². The standard InChI is InChI=1S/C29H29Cl2N5O2/c30-24-12-7-13-26(27(24)31)35-16-14-34(15-17-35)19-23(37)18-32-29(38)25-20-36(22-10-5-2-6-11-22)28(33-25)21-8-3-1-4-9-21/h1-13,20,23,37H,14-19H2,(H,32,38). The molecule has 1 aliphatic heterocycles. The van der Waals surface area contributed by atoms with Crippen molar-refractivity contribution in [3.8, 4) is 17.1 Å². The van der Waals surface area contributed by atoms with Crippen LogP contribution in [-0.2, 0) is 0 Å². The fraction of sp³-hybridized carbons (Fsp3) is 0.241. The minimum absolute atomic E-state index is 0.137. The first-order valence-electron chi connectivity index (χ1n) is 12.6. The molecule has 7 nitrogen and oxygen atoms in total. The number of aromatic nitrogens is 2. The predicted molar refractivity (Wildman–Crippen MR) is 152 cm³/mol. The number of rotatable bonds is 8. The number of hydrogen-bond donors (Lipinski definition) is 2. The van der Waals surface area contributed by atoms with Gasteiger partial charge in [-0.2, -0.15) is 0 Å². The Hall–Kier alpha value is -3.36. The van der Waals surface area contributed by atoms with Gasteiger partial charge in [0.2, 0.25) is 0 Å². The number of hydrogen-bond acceptors (Lipinski definition) is 5. The van der Waals surface area contributed by atoms with E-state index in [9.17, 15) is 9.90 Å². The second kappa shape index (κ2) is 12.0. The van der Waals surface area contributed by atoms with Gasteiger partial charge in [0.1, 0.15) is 11.5 Å². The first-order chi connectivity index (χ1) is 18.5. The molecule has 1 fully saturated rings. The van der Waals surface area contributed by atoms with Crippen LogP contribution in [0, 0.1) is 0 Å². The minimum Gasteiger partial charge on any atom is -0.390 e. The van der Waals surface area contributed by atoms with Gasteiger partial charge in [0.25, 0.3) is 5.91 Å². The number of aliphatic hydroxyl groups excluding tert-OH is 1. The molecule has 2 heterocycles. The molecule has 5 rings (SSSR count). The van der Waals surface area contributed by atoms with Gasteiger partial charge in [0, 0.05) is 56.7 Å². The average Bonchev–Trinajstić information content (AvgIpc) is 3.41. The molecule has 9 heteroatoms. The minimum atomic E-state index is -0.704. The van der Waals surface area contributed by atoms with Crippen molar-refractivity contribution in [3.05, 3.63) is 101 Å². The van der Waals surface area contributed by atoms with Gasteiger partial charge in [-0.25, -0.2) is 4.98 Å². The third-order valence-electron chi connectivity index (χ3n) is 6.62. The zero-order chi connectivity index (χ0) is 26.5. The van der Waals surface area contributed by atoms with E-state index in [1.807, 2.05) is 77.4 Å². The van der Waals surface area contributed by atoms with Crippen LogP contribution in [0.25, 0.3) is 17.1 Å². The van der Waals surface area contributed by atoms with Crippen molar-refractivity contribution in [3.63, 3.8) is 0 Å². The summed E-state index contributed by atoms with van der Waals surface area (Å²) in [5, 5.41) is 14.6. The Balaban J connectivity index is 1.18. The molecule has 1 unspecified atom stereocenters. The largest absolute Gasteiger partial charge is 0.390 e. The molecule has 0 radical (unpaired) electrons. The van der Waals surface area contributed by atoms with Gasteiger partial charge in [-0.15, -0.1) is 0 Å². The number of anilines is 1. The number of amides is 1. The van der Waals surface area contributed by atoms with Crippen LogP contribution in [0.15, 0.2) is 85.1 Å². The Labute approximate surface area is 232 Å². The van der Waals surface area contributed by atoms with E-state index in [4.69, 9.17) is 23.2 Å². The van der Waals surface area contributed by atoms with Crippen LogP contribution >= 0.6 is 23.2 Å². The van der Waals surface area contributed by atoms with E-state index in [0.717, 1.165) is 43.1 Å². The number of β-amino-alcohol motifs (C(OH)–C–C–N with tert-alkyl or cyclic N) is 1. The van der Waals surface area contributed by atoms with Gasteiger partial charge < -0.3 is 15.3 Å². The highest BCUT2D eigenvalue weighted by atomic mass is 35.5. The predicted octanol–water partition coefficient (Wildman–Crippen LogP) is 4.76. The summed E-state index contributed by atoms with van der Waals surface area (Å²) < 4.78 is 1.91. The number of imidazole rings is 1. The van der Waals surface area contributed by atoms with Crippen molar-refractivity contribution < 1.29 is 9.90 Å². The maximum absolute atomic E-state index is 13.0. The molecular formula is C29H29Cl2N5O2. The zero-order valence-electron chi connectivity index (χ0n) is 20.8. The summed E-state index contributed by atoms with van der Waals surface area (Å²) in [6, 6.07) is 25.2. The van der Waals surface area contributed by atoms with Gasteiger partial charge in [-0.1, -0.05) is 77.8 Å². The molecule has 1 aliphatic rings. The highest BCUT2D eigenvalue weighted by Crippen LogP contribution is 2.33. The summed E-state index contributed by atoms with van der Waals surface area (Å²) in [6.45, 7) is 3.70. The van der Waals surface area contributed by atoms with Crippen molar-refractivity contribution in [2.24, 2.45) is 0 Å². The van der Waals surface area contributed by atoms with E-state index < -0.39 is 6.10 Å². The first kappa shape index (κ1) is 26.3. The molecule has 0 bridgehead atoms. The van der Waals surface area contributed by atoms with Crippen LogP contribution in [0.5, 0.6) is 0 Å². The molecule has 3 aromatic carbocycles. The lowest BCUT2D eigenvalue weighted by Crippen LogP contribution is -2.50. The molecule has 1 aromatic heterocycles. The van der Waals surface area contributed by atoms with Crippen LogP contribution in [0.3, 0.4) is 0 Å². The molecule has 196 valence electrons. The number of aliphatic hydroxyl groups is 1. The number of carbonyl (C=O) groups excluding carboxylic acids is 1. The summed E-state index contributed by atoms with van der Waals surface area (Å²) in [6.07, 6.45) is 1.03. The fourth-order valence-electron chi connectivity index (χ4n) is 4.64. The molecule has 1 saturated heterocycles. The van der Waals surface area contributed by atoms with Gasteiger partial charge in [-0.3, -0.25) is 14.3 Å². The first-order valence-corrected chi connectivity index (χ1v) is 13.3. The zero-order valence-corrected chi connectivity index (χ0v) is 22.3. The highest BCUT2D eigenvalue weighted by Gasteiger charge is 2.22. The summed E-state index contributed by atoms with van der Waals surface area (Å²) in [7, 11) is 0. The van der Waals surface area contributed by atoms with E-state index in [1.54, 1.807) is 12.3 Å². The quantitative estimate of drug-likeness (QED) is 0.331. The molecule has 2 N–H and O–H groups in total. The Kier molecular flexibility index (Phi) is 8.29. The number of benzene rings is 3. The normalized spacial score (nSPS) is 14.9. The molecule has 1 amide bonds. The molecule has 0 aliphatic carbocycles. The van der Waals surface area contributed by atoms with E-state index >= 15 is 0 Å². The maximum Gasteiger partial charge on any atom is 0.271 e. The van der Waals surface area contributed by atoms with Gasteiger partial charge in [-0.05, 0) is 24.3 Å². The van der Waals surface area contributed by atoms with Crippen molar-refractivity contribution in [1.29, 1.82) is 0 Å². The fourth-order valence-corrected chi connectivity index (χ4v) is 5.05. The summed E-state index contributed by atoms with van der Waals surface area (Å²) in [5.41, 5.74) is 3.05. The Bertz CT molecular complexity index is 1320. The van der Waals surface area contributed by atoms with E-state index in [0.29, 0.717) is 28.1 Å². The second-order valence-electron chi connectivity index (χ2n) is 9.25. The number of halogens is 2. The van der Waals surface area contributed by atoms with Crippen molar-refractivity contribution in [1.82, 2.24) is 19.8 Å². The van der Waals surface area contributed by atoms with Crippen molar-refractivity contribution in [2.75, 3.05) is 44.2 Å². The van der Waals surface area contributed by atoms with Crippen LogP contribution in [0.4, 0.5) is 5.69 Å². The molecule has 0 saturated carbocycles. The summed E-state index contributed by atoms with van der Waals surface area (Å²) in [4.78, 5) is 22.0. The van der Waals surface area contributed by atoms with E-state index in [-0.39, 0.29) is 12.5 Å². The lowest BCUT2D eigenvalue weighted by molar-refractivity contribution is 0.0848. The average molecular weight is 550 g/mol. The van der Waals surface area contributed by atoms with Crippen molar-refractivity contribution in [2.45, 2.75) is 6.10 Å². The molecular weight excluding hydrogens is 521 g/mol. The topological polar surface area (TPSA) is 73.6 Å². The number of nitrogens with one attached hydrogen (secondary N) is 1. The third-order valence-corrected chi connectivity index (χ3v) is 7.43. The molecule has 0 spiro atoms. The molecule has 4 aromatic rings. The molecule has 38 heavy (non-hydrogen) atoms. The summed E-state index contributed by atoms with van der Waals surface area (Å²) in [5.74, 6) is 0.358. The Morgan fingerprint density at radius 1 is 0.921 bits per heavy atom. The monoisotopic (exact) mass is 549 g/mol. The second-order valence-corrected chi connectivity index (χ2v) is 10.0. The van der Waals surface area contributed by atoms with Crippen LogP contribution in [0.1, 0.15) is 10.5 Å². The third kappa shape index (κ3) is 6.03. The highest BCUT2D eigenvalue weighted by molar-refractivity contribution is 6.43. The molecule has 1 atom stereocenters. The smallest absolute Gasteiger partial charge is 0.271 e.